The summed E-state index contributed by atoms with van der Waals surface area (Å²) in [5.74, 6) is 0.720. The highest BCUT2D eigenvalue weighted by molar-refractivity contribution is 7.80. The van der Waals surface area contributed by atoms with E-state index < -0.39 is 0 Å². The molecule has 0 aromatic heterocycles. The largest absolute Gasteiger partial charge is 0.378 e. The minimum absolute atomic E-state index is 0.537. The van der Waals surface area contributed by atoms with Crippen molar-refractivity contribution in [3.63, 3.8) is 0 Å². The third-order valence-corrected chi connectivity index (χ3v) is 4.60. The molecule has 3 nitrogen and oxygen atoms in total. The van der Waals surface area contributed by atoms with E-state index in [2.05, 4.69) is 60.8 Å². The molecule has 0 saturated heterocycles. The topological polar surface area (TPSA) is 27.3 Å². The minimum Gasteiger partial charge on any atom is -0.378 e. The van der Waals surface area contributed by atoms with Crippen molar-refractivity contribution in [2.75, 3.05) is 19.0 Å². The Bertz CT molecular complexity index is 456. The molecule has 1 aliphatic rings. The zero-order valence-corrected chi connectivity index (χ0v) is 14.2. The van der Waals surface area contributed by atoms with E-state index in [1.54, 1.807) is 0 Å². The fourth-order valence-corrected chi connectivity index (χ4v) is 3.07. The average Bonchev–Trinajstić information content (AvgIpc) is 2.48. The van der Waals surface area contributed by atoms with Gasteiger partial charge in [-0.05, 0) is 48.7 Å². The van der Waals surface area contributed by atoms with E-state index in [0.29, 0.717) is 6.04 Å². The molecular weight excluding hydrogens is 278 g/mol. The van der Waals surface area contributed by atoms with Crippen LogP contribution < -0.4 is 15.5 Å². The number of hydrogen-bond donors (Lipinski definition) is 2. The Morgan fingerprint density at radius 3 is 2.48 bits per heavy atom. The Morgan fingerprint density at radius 1 is 1.19 bits per heavy atom. The number of nitrogens with one attached hydrogen (secondary N) is 2. The van der Waals surface area contributed by atoms with Crippen LogP contribution in [0.4, 0.5) is 5.69 Å². The zero-order chi connectivity index (χ0) is 15.2. The number of anilines is 1. The van der Waals surface area contributed by atoms with Gasteiger partial charge in [-0.1, -0.05) is 31.9 Å². The van der Waals surface area contributed by atoms with Crippen LogP contribution in [-0.4, -0.2) is 25.2 Å². The lowest BCUT2D eigenvalue weighted by Gasteiger charge is -2.30. The molecule has 0 aliphatic heterocycles. The molecular formula is C17H27N3S. The first-order valence-electron chi connectivity index (χ1n) is 7.87. The van der Waals surface area contributed by atoms with E-state index in [4.69, 9.17) is 12.2 Å². The number of benzene rings is 1. The van der Waals surface area contributed by atoms with Gasteiger partial charge in [-0.3, -0.25) is 0 Å². The van der Waals surface area contributed by atoms with Crippen LogP contribution in [0.1, 0.15) is 38.2 Å². The summed E-state index contributed by atoms with van der Waals surface area (Å²) in [5.41, 5.74) is 2.47. The van der Waals surface area contributed by atoms with Crippen molar-refractivity contribution < 1.29 is 0 Å². The van der Waals surface area contributed by atoms with E-state index in [1.807, 2.05) is 0 Å². The van der Waals surface area contributed by atoms with E-state index in [1.165, 1.54) is 36.9 Å². The van der Waals surface area contributed by atoms with E-state index in [0.717, 1.165) is 17.6 Å². The molecule has 0 heterocycles. The second-order valence-corrected chi connectivity index (χ2v) is 6.66. The van der Waals surface area contributed by atoms with Crippen molar-refractivity contribution in [3.8, 4) is 0 Å². The van der Waals surface area contributed by atoms with Gasteiger partial charge in [0.1, 0.15) is 0 Å². The van der Waals surface area contributed by atoms with Crippen molar-refractivity contribution in [2.24, 2.45) is 5.92 Å². The lowest BCUT2D eigenvalue weighted by atomic mass is 9.86. The Balaban J connectivity index is 1.78. The molecule has 1 aliphatic carbocycles. The normalized spacial score (nSPS) is 21.7. The molecule has 21 heavy (non-hydrogen) atoms. The highest BCUT2D eigenvalue weighted by Crippen LogP contribution is 2.23. The zero-order valence-electron chi connectivity index (χ0n) is 13.4. The maximum absolute atomic E-state index is 5.42. The summed E-state index contributed by atoms with van der Waals surface area (Å²) in [6, 6.07) is 9.10. The Hall–Kier alpha value is -1.29. The minimum atomic E-state index is 0.537. The van der Waals surface area contributed by atoms with Crippen LogP contribution in [0.5, 0.6) is 0 Å². The molecule has 2 N–H and O–H groups in total. The second-order valence-electron chi connectivity index (χ2n) is 6.26. The maximum atomic E-state index is 5.42. The van der Waals surface area contributed by atoms with E-state index in [9.17, 15) is 0 Å². The molecule has 1 fully saturated rings. The first-order chi connectivity index (χ1) is 10.1. The third-order valence-electron chi connectivity index (χ3n) is 4.33. The standard InChI is InChI=1S/C17H27N3S/c1-13-6-4-5-7-16(13)19-17(21)18-12-14-8-10-15(11-9-14)20(2)3/h8-11,13,16H,4-7,12H2,1-3H3,(H2,18,19,21)/t13-,16-/m0/s1. The van der Waals surface area contributed by atoms with Crippen molar-refractivity contribution in [2.45, 2.75) is 45.2 Å². The molecule has 0 bridgehead atoms. The van der Waals surface area contributed by atoms with Gasteiger partial charge in [-0.15, -0.1) is 0 Å². The van der Waals surface area contributed by atoms with Gasteiger partial charge in [-0.25, -0.2) is 0 Å². The summed E-state index contributed by atoms with van der Waals surface area (Å²) in [6.07, 6.45) is 5.22. The summed E-state index contributed by atoms with van der Waals surface area (Å²) in [5, 5.41) is 7.59. The summed E-state index contributed by atoms with van der Waals surface area (Å²) >= 11 is 5.42. The van der Waals surface area contributed by atoms with Gasteiger partial charge in [0.25, 0.3) is 0 Å². The van der Waals surface area contributed by atoms with Crippen molar-refractivity contribution in [1.82, 2.24) is 10.6 Å². The van der Waals surface area contributed by atoms with Gasteiger partial charge >= 0.3 is 0 Å². The van der Waals surface area contributed by atoms with Crippen molar-refractivity contribution in [1.29, 1.82) is 0 Å². The average molecular weight is 305 g/mol. The third kappa shape index (κ3) is 4.88. The Kier molecular flexibility index (Phi) is 5.85. The smallest absolute Gasteiger partial charge is 0.166 e. The second kappa shape index (κ2) is 7.64. The van der Waals surface area contributed by atoms with E-state index in [-0.39, 0.29) is 0 Å². The highest BCUT2D eigenvalue weighted by atomic mass is 32.1. The summed E-state index contributed by atoms with van der Waals surface area (Å²) in [7, 11) is 4.11. The molecule has 2 rings (SSSR count). The fourth-order valence-electron chi connectivity index (χ4n) is 2.84. The van der Waals surface area contributed by atoms with Crippen LogP contribution in [0.2, 0.25) is 0 Å². The first kappa shape index (κ1) is 16.1. The molecule has 4 heteroatoms. The number of hydrogen-bond acceptors (Lipinski definition) is 2. The van der Waals surface area contributed by atoms with Crippen LogP contribution in [0.3, 0.4) is 0 Å². The number of nitrogens with zero attached hydrogens (tertiary/aromatic N) is 1. The Morgan fingerprint density at radius 2 is 1.86 bits per heavy atom. The van der Waals surface area contributed by atoms with Crippen LogP contribution in [-0.2, 0) is 6.54 Å². The molecule has 0 unspecified atom stereocenters. The summed E-state index contributed by atoms with van der Waals surface area (Å²) < 4.78 is 0. The summed E-state index contributed by atoms with van der Waals surface area (Å²) in [4.78, 5) is 2.11. The van der Waals surface area contributed by atoms with Crippen molar-refractivity contribution in [3.05, 3.63) is 29.8 Å². The lowest BCUT2D eigenvalue weighted by molar-refractivity contribution is 0.308. The molecule has 0 amide bonds. The van der Waals surface area contributed by atoms with Gasteiger partial charge in [0.15, 0.2) is 5.11 Å². The molecule has 0 radical (unpaired) electrons. The molecule has 1 saturated carbocycles. The SMILES string of the molecule is C[C@H]1CCCC[C@@H]1NC(=S)NCc1ccc(N(C)C)cc1. The fraction of sp³-hybridized carbons (Fsp3) is 0.588. The summed E-state index contributed by atoms with van der Waals surface area (Å²) in [6.45, 7) is 3.10. The van der Waals surface area contributed by atoms with Gasteiger partial charge < -0.3 is 15.5 Å². The predicted octanol–water partition coefficient (Wildman–Crippen LogP) is 3.30. The van der Waals surface area contributed by atoms with Gasteiger partial charge in [0.05, 0.1) is 0 Å². The highest BCUT2D eigenvalue weighted by Gasteiger charge is 2.21. The number of thiocarbonyl (C=S) groups is 1. The monoisotopic (exact) mass is 305 g/mol. The van der Waals surface area contributed by atoms with Gasteiger partial charge in [-0.2, -0.15) is 0 Å². The molecule has 1 aromatic carbocycles. The van der Waals surface area contributed by atoms with E-state index >= 15 is 0 Å². The van der Waals surface area contributed by atoms with Gasteiger partial charge in [0.2, 0.25) is 0 Å². The number of rotatable bonds is 4. The molecule has 1 aromatic rings. The Labute approximate surface area is 134 Å². The maximum Gasteiger partial charge on any atom is 0.166 e. The molecule has 116 valence electrons. The quantitative estimate of drug-likeness (QED) is 0.835. The van der Waals surface area contributed by atoms with Crippen LogP contribution in [0.15, 0.2) is 24.3 Å². The van der Waals surface area contributed by atoms with Crippen LogP contribution >= 0.6 is 12.2 Å². The van der Waals surface area contributed by atoms with Crippen LogP contribution in [0, 0.1) is 5.92 Å². The lowest BCUT2D eigenvalue weighted by Crippen LogP contribution is -2.45. The van der Waals surface area contributed by atoms with Gasteiger partial charge in [0, 0.05) is 32.4 Å². The first-order valence-corrected chi connectivity index (χ1v) is 8.27. The molecule has 0 spiro atoms. The van der Waals surface area contributed by atoms with Crippen LogP contribution in [0.25, 0.3) is 0 Å². The van der Waals surface area contributed by atoms with Crippen molar-refractivity contribution >= 4 is 23.0 Å². The predicted molar refractivity (Wildman–Crippen MR) is 94.8 cm³/mol. The molecule has 2 atom stereocenters.